The van der Waals surface area contributed by atoms with Crippen molar-refractivity contribution in [2.45, 2.75) is 9.79 Å². The SMILES string of the molecule is O=C1C=Cc2ccccc2[SH]1C(=O)[SH]1C(=O)C=Cc2ccccc21. The Labute approximate surface area is 144 Å². The second-order valence-corrected chi connectivity index (χ2v) is 9.77. The minimum absolute atomic E-state index is 0.184. The lowest BCUT2D eigenvalue weighted by Gasteiger charge is -2.30. The zero-order valence-electron chi connectivity index (χ0n) is 12.5. The van der Waals surface area contributed by atoms with Crippen molar-refractivity contribution in [3.8, 4) is 0 Å². The molecule has 2 unspecified atom stereocenters. The third-order valence-electron chi connectivity index (χ3n) is 3.99. The summed E-state index contributed by atoms with van der Waals surface area (Å²) in [4.78, 5) is 39.7. The summed E-state index contributed by atoms with van der Waals surface area (Å²) in [5.41, 5.74) is 1.78. The van der Waals surface area contributed by atoms with Gasteiger partial charge in [0.05, 0.1) is 0 Å². The molecule has 2 atom stereocenters. The molecule has 2 aromatic carbocycles. The monoisotopic (exact) mass is 354 g/mol. The van der Waals surface area contributed by atoms with Crippen molar-refractivity contribution in [3.05, 3.63) is 71.8 Å². The average Bonchev–Trinajstić information content (AvgIpc) is 2.61. The van der Waals surface area contributed by atoms with E-state index >= 15 is 0 Å². The molecule has 0 fully saturated rings. The van der Waals surface area contributed by atoms with Gasteiger partial charge in [0.2, 0.25) is 14.7 Å². The molecule has 0 amide bonds. The first-order valence-electron chi connectivity index (χ1n) is 7.43. The lowest BCUT2D eigenvalue weighted by Crippen LogP contribution is -2.15. The summed E-state index contributed by atoms with van der Waals surface area (Å²) >= 11 is 0. The molecule has 2 aromatic rings. The van der Waals surface area contributed by atoms with Crippen LogP contribution >= 0.6 is 21.8 Å². The van der Waals surface area contributed by atoms with E-state index in [0.717, 1.165) is 20.9 Å². The molecular weight excluding hydrogens is 340 g/mol. The Bertz CT molecular complexity index is 868. The van der Waals surface area contributed by atoms with Crippen molar-refractivity contribution in [1.82, 2.24) is 0 Å². The first-order valence-corrected chi connectivity index (χ1v) is 10.1. The fourth-order valence-electron chi connectivity index (χ4n) is 2.87. The molecule has 3 nitrogen and oxygen atoms in total. The molecule has 0 radical (unpaired) electrons. The Hall–Kier alpha value is -2.37. The van der Waals surface area contributed by atoms with Crippen molar-refractivity contribution in [3.63, 3.8) is 0 Å². The zero-order valence-corrected chi connectivity index (χ0v) is 14.3. The standard InChI is InChI=1S/C19H14O3S2/c20-17-11-9-13-5-1-3-7-15(13)23(17)19(22)24-16-8-4-2-6-14(16)10-12-18(24)21/h1-12,23-24H. The third-order valence-corrected chi connectivity index (χ3v) is 8.91. The number of carbonyl (C=O) groups excluding carboxylic acids is 3. The van der Waals surface area contributed by atoms with Gasteiger partial charge < -0.3 is 0 Å². The molecule has 0 spiro atoms. The maximum absolute atomic E-state index is 13.2. The summed E-state index contributed by atoms with van der Waals surface area (Å²) in [6, 6.07) is 14.9. The number of hydrogen-bond acceptors (Lipinski definition) is 3. The van der Waals surface area contributed by atoms with Crippen LogP contribution in [0, 0.1) is 0 Å². The Balaban J connectivity index is 1.82. The molecule has 0 bridgehead atoms. The molecule has 0 saturated heterocycles. The van der Waals surface area contributed by atoms with Crippen LogP contribution in [0.3, 0.4) is 0 Å². The highest BCUT2D eigenvalue weighted by atomic mass is 32.3. The maximum Gasteiger partial charge on any atom is 0.228 e. The van der Waals surface area contributed by atoms with Crippen LogP contribution in [0.4, 0.5) is 4.79 Å². The number of thiol groups is 2. The van der Waals surface area contributed by atoms with E-state index in [0.29, 0.717) is 0 Å². The van der Waals surface area contributed by atoms with E-state index in [1.807, 2.05) is 48.5 Å². The van der Waals surface area contributed by atoms with Gasteiger partial charge in [-0.2, -0.15) is 0 Å². The highest BCUT2D eigenvalue weighted by Gasteiger charge is 2.35. The van der Waals surface area contributed by atoms with Gasteiger partial charge in [-0.15, -0.1) is 0 Å². The van der Waals surface area contributed by atoms with Gasteiger partial charge in [-0.25, -0.2) is 0 Å². The summed E-state index contributed by atoms with van der Waals surface area (Å²) < 4.78 is -0.219. The Morgan fingerprint density at radius 1 is 0.625 bits per heavy atom. The molecule has 24 heavy (non-hydrogen) atoms. The van der Waals surface area contributed by atoms with Crippen LogP contribution in [0.15, 0.2) is 70.5 Å². The summed E-state index contributed by atoms with van der Waals surface area (Å²) in [5, 5.41) is -0.368. The molecular formula is C19H14O3S2. The van der Waals surface area contributed by atoms with E-state index in [9.17, 15) is 14.4 Å². The molecule has 0 saturated carbocycles. The van der Waals surface area contributed by atoms with Gasteiger partial charge >= 0.3 is 0 Å². The molecule has 0 aromatic heterocycles. The van der Waals surface area contributed by atoms with Gasteiger partial charge in [0.1, 0.15) is 0 Å². The lowest BCUT2D eigenvalue weighted by atomic mass is 10.2. The van der Waals surface area contributed by atoms with Gasteiger partial charge in [0, 0.05) is 9.79 Å². The van der Waals surface area contributed by atoms with E-state index in [1.54, 1.807) is 12.2 Å². The Kier molecular flexibility index (Phi) is 3.75. The van der Waals surface area contributed by atoms with Crippen LogP contribution in [0.1, 0.15) is 11.1 Å². The summed E-state index contributed by atoms with van der Waals surface area (Å²) in [7, 11) is -3.35. The van der Waals surface area contributed by atoms with Gasteiger partial charge in [-0.05, 0) is 47.6 Å². The summed E-state index contributed by atoms with van der Waals surface area (Å²) in [5.74, 6) is 0. The van der Waals surface area contributed by atoms with Crippen LogP contribution in [0.25, 0.3) is 12.2 Å². The number of carbonyl (C=O) groups is 3. The van der Waals surface area contributed by atoms with E-state index in [4.69, 9.17) is 0 Å². The van der Waals surface area contributed by atoms with Crippen LogP contribution in [0.2, 0.25) is 0 Å². The summed E-state index contributed by atoms with van der Waals surface area (Å²) in [6.07, 6.45) is 6.43. The molecule has 2 aliphatic rings. The minimum Gasteiger partial charge on any atom is -0.283 e. The first-order chi connectivity index (χ1) is 11.7. The van der Waals surface area contributed by atoms with Crippen LogP contribution in [-0.4, -0.2) is 14.7 Å². The van der Waals surface area contributed by atoms with Crippen molar-refractivity contribution in [2.75, 3.05) is 0 Å². The van der Waals surface area contributed by atoms with Gasteiger partial charge in [0.25, 0.3) is 0 Å². The largest absolute Gasteiger partial charge is 0.283 e. The lowest BCUT2D eigenvalue weighted by molar-refractivity contribution is -0.107. The molecule has 4 rings (SSSR count). The highest BCUT2D eigenvalue weighted by Crippen LogP contribution is 2.56. The maximum atomic E-state index is 13.2. The highest BCUT2D eigenvalue weighted by molar-refractivity contribution is 8.63. The third kappa shape index (κ3) is 2.37. The smallest absolute Gasteiger partial charge is 0.228 e. The molecule has 2 heterocycles. The number of hydrogen-bond donors (Lipinski definition) is 2. The van der Waals surface area contributed by atoms with E-state index in [2.05, 4.69) is 0 Å². The van der Waals surface area contributed by atoms with E-state index < -0.39 is 21.8 Å². The number of benzene rings is 2. The predicted molar refractivity (Wildman–Crippen MR) is 101 cm³/mol. The second kappa shape index (κ2) is 5.92. The fourth-order valence-corrected chi connectivity index (χ4v) is 7.90. The number of fused-ring (bicyclic) bond motifs is 2. The van der Waals surface area contributed by atoms with Crippen molar-refractivity contribution < 1.29 is 14.4 Å². The predicted octanol–water partition coefficient (Wildman–Crippen LogP) is 4.33. The fraction of sp³-hybridized carbons (Fsp3) is 0. The molecule has 0 N–H and O–H groups in total. The van der Waals surface area contributed by atoms with E-state index in [-0.39, 0.29) is 14.7 Å². The molecule has 2 aliphatic heterocycles. The van der Waals surface area contributed by atoms with E-state index in [1.165, 1.54) is 12.2 Å². The molecule has 120 valence electrons. The summed E-state index contributed by atoms with van der Waals surface area (Å²) in [6.45, 7) is 0. The van der Waals surface area contributed by atoms with Crippen molar-refractivity contribution in [2.24, 2.45) is 0 Å². The first kappa shape index (κ1) is 15.2. The quantitative estimate of drug-likeness (QED) is 0.692. The zero-order chi connectivity index (χ0) is 16.7. The van der Waals surface area contributed by atoms with Crippen molar-refractivity contribution in [1.29, 1.82) is 0 Å². The normalized spacial score (nSPS) is 24.3. The van der Waals surface area contributed by atoms with Crippen LogP contribution < -0.4 is 0 Å². The second-order valence-electron chi connectivity index (χ2n) is 5.41. The molecule has 5 heteroatoms. The Morgan fingerprint density at radius 2 is 1.04 bits per heavy atom. The average molecular weight is 354 g/mol. The van der Waals surface area contributed by atoms with Gasteiger partial charge in [-0.3, -0.25) is 14.4 Å². The number of rotatable bonds is 0. The van der Waals surface area contributed by atoms with Gasteiger partial charge in [-0.1, -0.05) is 58.2 Å². The van der Waals surface area contributed by atoms with Crippen LogP contribution in [-0.2, 0) is 9.59 Å². The molecule has 0 aliphatic carbocycles. The minimum atomic E-state index is -1.67. The van der Waals surface area contributed by atoms with Gasteiger partial charge in [0.15, 0.2) is 0 Å². The Morgan fingerprint density at radius 3 is 1.50 bits per heavy atom. The topological polar surface area (TPSA) is 51.2 Å². The van der Waals surface area contributed by atoms with Crippen LogP contribution in [0.5, 0.6) is 0 Å². The van der Waals surface area contributed by atoms with Crippen molar-refractivity contribution >= 4 is 48.6 Å².